The van der Waals surface area contributed by atoms with E-state index in [1.54, 1.807) is 12.1 Å². The summed E-state index contributed by atoms with van der Waals surface area (Å²) in [6, 6.07) is 6.22. The van der Waals surface area contributed by atoms with E-state index in [1.807, 2.05) is 0 Å². The summed E-state index contributed by atoms with van der Waals surface area (Å²) < 4.78 is 0. The molecule has 0 aliphatic heterocycles. The van der Waals surface area contributed by atoms with Gasteiger partial charge in [-0.25, -0.2) is 0 Å². The van der Waals surface area contributed by atoms with Crippen molar-refractivity contribution in [2.45, 2.75) is 0 Å². The molecule has 13 heavy (non-hydrogen) atoms. The molecule has 0 fully saturated rings. The van der Waals surface area contributed by atoms with Crippen molar-refractivity contribution in [2.75, 3.05) is 7.05 Å². The van der Waals surface area contributed by atoms with Crippen LogP contribution in [0.3, 0.4) is 0 Å². The molecule has 4 nitrogen and oxygen atoms in total. The van der Waals surface area contributed by atoms with E-state index in [0.29, 0.717) is 10.6 Å². The molecule has 68 valence electrons. The van der Waals surface area contributed by atoms with Crippen molar-refractivity contribution in [2.24, 2.45) is 5.29 Å². The molecule has 0 aliphatic carbocycles. The first kappa shape index (κ1) is 9.67. The predicted octanol–water partition coefficient (Wildman–Crippen LogP) is 2.09. The van der Waals surface area contributed by atoms with Gasteiger partial charge in [-0.15, -0.1) is 4.91 Å². The molecule has 0 N–H and O–H groups in total. The summed E-state index contributed by atoms with van der Waals surface area (Å²) in [5, 5.41) is 3.75. The van der Waals surface area contributed by atoms with Crippen molar-refractivity contribution in [1.29, 1.82) is 0 Å². The van der Waals surface area contributed by atoms with Gasteiger partial charge in [-0.2, -0.15) is 5.01 Å². The number of hydrogen-bond acceptors (Lipinski definition) is 3. The van der Waals surface area contributed by atoms with Crippen molar-refractivity contribution < 1.29 is 4.79 Å². The Morgan fingerprint density at radius 3 is 2.38 bits per heavy atom. The molecule has 0 aromatic heterocycles. The molecule has 0 radical (unpaired) electrons. The first-order valence-electron chi connectivity index (χ1n) is 3.52. The maximum Gasteiger partial charge on any atom is 0.276 e. The lowest BCUT2D eigenvalue weighted by Crippen LogP contribution is -2.20. The molecule has 1 aromatic rings. The van der Waals surface area contributed by atoms with Crippen LogP contribution in [0.15, 0.2) is 29.6 Å². The second-order valence-corrected chi connectivity index (χ2v) is 2.85. The second kappa shape index (κ2) is 4.00. The van der Waals surface area contributed by atoms with Crippen molar-refractivity contribution >= 4 is 17.5 Å². The fraction of sp³-hybridized carbons (Fsp3) is 0.125. The molecule has 1 aromatic carbocycles. The van der Waals surface area contributed by atoms with E-state index in [1.165, 1.54) is 19.2 Å². The maximum atomic E-state index is 11.3. The molecule has 1 rings (SSSR count). The van der Waals surface area contributed by atoms with E-state index in [-0.39, 0.29) is 0 Å². The minimum absolute atomic E-state index is 0.381. The molecule has 0 saturated heterocycles. The number of amides is 1. The van der Waals surface area contributed by atoms with Gasteiger partial charge in [-0.05, 0) is 24.3 Å². The number of benzene rings is 1. The Morgan fingerprint density at radius 2 is 1.92 bits per heavy atom. The second-order valence-electron chi connectivity index (χ2n) is 2.42. The van der Waals surface area contributed by atoms with E-state index < -0.39 is 5.91 Å². The van der Waals surface area contributed by atoms with Crippen molar-refractivity contribution in [3.8, 4) is 0 Å². The Kier molecular flexibility index (Phi) is 2.97. The van der Waals surface area contributed by atoms with E-state index in [4.69, 9.17) is 11.6 Å². The lowest BCUT2D eigenvalue weighted by Gasteiger charge is -2.05. The molecule has 0 aliphatic rings. The lowest BCUT2D eigenvalue weighted by molar-refractivity contribution is 0.0797. The van der Waals surface area contributed by atoms with Crippen molar-refractivity contribution in [3.05, 3.63) is 39.8 Å². The molecular formula is C8H7ClN2O2. The Labute approximate surface area is 80.1 Å². The minimum atomic E-state index is -0.452. The van der Waals surface area contributed by atoms with Gasteiger partial charge in [-0.1, -0.05) is 11.6 Å². The van der Waals surface area contributed by atoms with Crippen LogP contribution in [0.1, 0.15) is 10.4 Å². The molecule has 0 spiro atoms. The minimum Gasteiger partial charge on any atom is -0.267 e. The van der Waals surface area contributed by atoms with Crippen molar-refractivity contribution in [1.82, 2.24) is 5.01 Å². The Balaban J connectivity index is 2.89. The Bertz CT molecular complexity index is 323. The molecule has 0 heterocycles. The van der Waals surface area contributed by atoms with Crippen LogP contribution >= 0.6 is 11.6 Å². The fourth-order valence-corrected chi connectivity index (χ4v) is 0.942. The Hall–Kier alpha value is -1.42. The fourth-order valence-electron chi connectivity index (χ4n) is 0.816. The Morgan fingerprint density at radius 1 is 1.38 bits per heavy atom. The smallest absolute Gasteiger partial charge is 0.267 e. The van der Waals surface area contributed by atoms with Crippen molar-refractivity contribution in [3.63, 3.8) is 0 Å². The van der Waals surface area contributed by atoms with Gasteiger partial charge in [0.1, 0.15) is 0 Å². The van der Waals surface area contributed by atoms with Crippen LogP contribution in [0, 0.1) is 4.91 Å². The highest BCUT2D eigenvalue weighted by molar-refractivity contribution is 6.30. The first-order chi connectivity index (χ1) is 6.15. The largest absolute Gasteiger partial charge is 0.276 e. The van der Waals surface area contributed by atoms with Gasteiger partial charge >= 0.3 is 0 Å². The average Bonchev–Trinajstić information content (AvgIpc) is 2.17. The summed E-state index contributed by atoms with van der Waals surface area (Å²) in [7, 11) is 1.30. The summed E-state index contributed by atoms with van der Waals surface area (Å²) in [6.45, 7) is 0. The third-order valence-corrected chi connectivity index (χ3v) is 1.76. The zero-order valence-corrected chi connectivity index (χ0v) is 7.65. The lowest BCUT2D eigenvalue weighted by atomic mass is 10.2. The average molecular weight is 199 g/mol. The van der Waals surface area contributed by atoms with E-state index in [0.717, 1.165) is 5.01 Å². The summed E-state index contributed by atoms with van der Waals surface area (Å²) in [5.74, 6) is -0.452. The molecule has 0 saturated carbocycles. The number of rotatable bonds is 2. The molecule has 0 unspecified atom stereocenters. The maximum absolute atomic E-state index is 11.3. The van der Waals surface area contributed by atoms with E-state index in [9.17, 15) is 9.70 Å². The van der Waals surface area contributed by atoms with Gasteiger partial charge in [0.25, 0.3) is 5.91 Å². The number of nitrogens with zero attached hydrogens (tertiary/aromatic N) is 2. The third-order valence-electron chi connectivity index (χ3n) is 1.51. The summed E-state index contributed by atoms with van der Waals surface area (Å²) in [5.41, 5.74) is 0.381. The zero-order chi connectivity index (χ0) is 9.84. The van der Waals surface area contributed by atoms with Crippen LogP contribution in [-0.2, 0) is 0 Å². The van der Waals surface area contributed by atoms with E-state index in [2.05, 4.69) is 5.29 Å². The summed E-state index contributed by atoms with van der Waals surface area (Å²) in [6.07, 6.45) is 0. The predicted molar refractivity (Wildman–Crippen MR) is 49.3 cm³/mol. The van der Waals surface area contributed by atoms with Gasteiger partial charge in [0.05, 0.1) is 5.29 Å². The standard InChI is InChI=1S/C8H7ClN2O2/c1-11(10-13)8(12)6-2-4-7(9)5-3-6/h2-5H,1H3. The molecular weight excluding hydrogens is 192 g/mol. The zero-order valence-electron chi connectivity index (χ0n) is 6.90. The van der Waals surface area contributed by atoms with Crippen LogP contribution in [0.25, 0.3) is 0 Å². The van der Waals surface area contributed by atoms with Gasteiger partial charge < -0.3 is 0 Å². The van der Waals surface area contributed by atoms with Gasteiger partial charge in [-0.3, -0.25) is 4.79 Å². The first-order valence-corrected chi connectivity index (χ1v) is 3.90. The summed E-state index contributed by atoms with van der Waals surface area (Å²) in [4.78, 5) is 21.3. The molecule has 0 atom stereocenters. The van der Waals surface area contributed by atoms with Gasteiger partial charge in [0.15, 0.2) is 0 Å². The van der Waals surface area contributed by atoms with Gasteiger partial charge in [0, 0.05) is 17.6 Å². The quantitative estimate of drug-likeness (QED) is 0.540. The van der Waals surface area contributed by atoms with Crippen LogP contribution < -0.4 is 0 Å². The molecule has 0 bridgehead atoms. The summed E-state index contributed by atoms with van der Waals surface area (Å²) >= 11 is 5.62. The third kappa shape index (κ3) is 2.26. The topological polar surface area (TPSA) is 49.7 Å². The number of carbonyl (C=O) groups excluding carboxylic acids is 1. The highest BCUT2D eigenvalue weighted by Gasteiger charge is 2.10. The monoisotopic (exact) mass is 198 g/mol. The van der Waals surface area contributed by atoms with Crippen LogP contribution in [0.2, 0.25) is 5.02 Å². The van der Waals surface area contributed by atoms with Gasteiger partial charge in [0.2, 0.25) is 0 Å². The van der Waals surface area contributed by atoms with Crippen LogP contribution in [0.5, 0.6) is 0 Å². The number of nitroso groups, excluding NO2 is 1. The number of carbonyl (C=O) groups is 1. The highest BCUT2D eigenvalue weighted by Crippen LogP contribution is 2.10. The number of hydrogen-bond donors (Lipinski definition) is 0. The van der Waals surface area contributed by atoms with Crippen LogP contribution in [0.4, 0.5) is 0 Å². The van der Waals surface area contributed by atoms with Crippen LogP contribution in [-0.4, -0.2) is 18.0 Å². The molecule has 5 heteroatoms. The molecule has 1 amide bonds. The normalized spacial score (nSPS) is 9.38. The SMILES string of the molecule is CN(N=O)C(=O)c1ccc(Cl)cc1. The van der Waals surface area contributed by atoms with E-state index >= 15 is 0 Å². The number of halogens is 1. The highest BCUT2D eigenvalue weighted by atomic mass is 35.5.